The van der Waals surface area contributed by atoms with Crippen molar-refractivity contribution in [1.82, 2.24) is 24.7 Å². The summed E-state index contributed by atoms with van der Waals surface area (Å²) in [6.45, 7) is 3.95. The zero-order valence-corrected chi connectivity index (χ0v) is 14.6. The topological polar surface area (TPSA) is 85.0 Å². The number of nitrogens with zero attached hydrogens (tertiary/aromatic N) is 5. The van der Waals surface area contributed by atoms with Gasteiger partial charge < -0.3 is 19.5 Å². The van der Waals surface area contributed by atoms with E-state index in [4.69, 9.17) is 9.47 Å². The van der Waals surface area contributed by atoms with E-state index in [-0.39, 0.29) is 0 Å². The lowest BCUT2D eigenvalue weighted by Crippen LogP contribution is -2.48. The molecule has 0 radical (unpaired) electrons. The maximum absolute atomic E-state index is 10.7. The van der Waals surface area contributed by atoms with Gasteiger partial charge in [0, 0.05) is 44.6 Å². The number of hydrogen-bond donors (Lipinski definition) is 1. The van der Waals surface area contributed by atoms with Crippen LogP contribution in [0.2, 0.25) is 0 Å². The molecule has 2 fully saturated rings. The van der Waals surface area contributed by atoms with Crippen LogP contribution in [0.1, 0.15) is 37.4 Å². The third-order valence-corrected chi connectivity index (χ3v) is 5.37. The maximum Gasteiger partial charge on any atom is 0.231 e. The molecule has 1 N–H and O–H groups in total. The average molecular weight is 347 g/mol. The Balaban J connectivity index is 1.42. The molecule has 0 amide bonds. The monoisotopic (exact) mass is 347 g/mol. The van der Waals surface area contributed by atoms with Crippen molar-refractivity contribution in [2.24, 2.45) is 0 Å². The second-order valence-corrected chi connectivity index (χ2v) is 7.09. The summed E-state index contributed by atoms with van der Waals surface area (Å²) >= 11 is 0. The van der Waals surface area contributed by atoms with Crippen LogP contribution in [0, 0.1) is 0 Å². The Kier molecular flexibility index (Phi) is 4.58. The van der Waals surface area contributed by atoms with E-state index in [0.717, 1.165) is 56.8 Å². The summed E-state index contributed by atoms with van der Waals surface area (Å²) in [5.41, 5.74) is 0.149. The summed E-state index contributed by atoms with van der Waals surface area (Å²) in [4.78, 5) is 2.36. The van der Waals surface area contributed by atoms with Gasteiger partial charge in [0.25, 0.3) is 0 Å². The van der Waals surface area contributed by atoms with Crippen molar-refractivity contribution in [1.29, 1.82) is 0 Å². The molecule has 2 aliphatic rings. The molecular weight excluding hydrogens is 322 g/mol. The van der Waals surface area contributed by atoms with E-state index in [9.17, 15) is 5.11 Å². The highest BCUT2D eigenvalue weighted by atomic mass is 16.5. The van der Waals surface area contributed by atoms with Gasteiger partial charge in [-0.1, -0.05) is 0 Å². The lowest BCUT2D eigenvalue weighted by atomic mass is 9.91. The first-order chi connectivity index (χ1) is 12.2. The number of likely N-dealkylation sites (tertiary alicyclic amines) is 1. The van der Waals surface area contributed by atoms with E-state index in [0.29, 0.717) is 25.0 Å². The number of rotatable bonds is 4. The number of aliphatic hydroxyl groups is 1. The predicted octanol–water partition coefficient (Wildman–Crippen LogP) is 0.854. The van der Waals surface area contributed by atoms with Crippen molar-refractivity contribution in [2.75, 3.05) is 40.0 Å². The van der Waals surface area contributed by atoms with Gasteiger partial charge in [-0.05, 0) is 32.0 Å². The first-order valence-electron chi connectivity index (χ1n) is 8.96. The largest absolute Gasteiger partial charge is 0.480 e. The summed E-state index contributed by atoms with van der Waals surface area (Å²) in [7, 11) is 1.61. The molecule has 136 valence electrons. The van der Waals surface area contributed by atoms with Gasteiger partial charge in [0.05, 0.1) is 12.7 Å². The SMILES string of the molecule is COc1ccc2nnc(C3CCN(CC4(O)CCOCC4)CC3)n2n1. The molecule has 25 heavy (non-hydrogen) atoms. The lowest BCUT2D eigenvalue weighted by molar-refractivity contribution is -0.0821. The standard InChI is InChI=1S/C17H25N5O3/c1-24-15-3-2-14-18-19-16(22(14)20-15)13-4-8-21(9-5-13)12-17(23)6-10-25-11-7-17/h2-3,13,23H,4-12H2,1H3. The minimum absolute atomic E-state index is 0.329. The molecule has 0 aliphatic carbocycles. The third-order valence-electron chi connectivity index (χ3n) is 5.37. The number of fused-ring (bicyclic) bond motifs is 1. The van der Waals surface area contributed by atoms with Crippen LogP contribution in [0.5, 0.6) is 5.88 Å². The van der Waals surface area contributed by atoms with Crippen LogP contribution in [0.25, 0.3) is 5.65 Å². The van der Waals surface area contributed by atoms with Gasteiger partial charge in [-0.15, -0.1) is 15.3 Å². The summed E-state index contributed by atoms with van der Waals surface area (Å²) in [6, 6.07) is 3.67. The Bertz CT molecular complexity index is 720. The van der Waals surface area contributed by atoms with Crippen molar-refractivity contribution in [2.45, 2.75) is 37.2 Å². The van der Waals surface area contributed by atoms with E-state index in [1.54, 1.807) is 17.7 Å². The minimum Gasteiger partial charge on any atom is -0.480 e. The molecule has 0 atom stereocenters. The summed E-state index contributed by atoms with van der Waals surface area (Å²) in [5, 5.41) is 23.7. The molecule has 8 heteroatoms. The molecule has 0 saturated carbocycles. The van der Waals surface area contributed by atoms with Crippen LogP contribution in [0.15, 0.2) is 12.1 Å². The normalized spacial score (nSPS) is 22.3. The number of piperidine rings is 1. The number of hydrogen-bond acceptors (Lipinski definition) is 7. The summed E-state index contributed by atoms with van der Waals surface area (Å²) < 4.78 is 12.4. The highest BCUT2D eigenvalue weighted by molar-refractivity contribution is 5.38. The molecular formula is C17H25N5O3. The zero-order valence-electron chi connectivity index (χ0n) is 14.6. The molecule has 2 saturated heterocycles. The number of β-amino-alcohol motifs (C(OH)–C–C–N with tert-alkyl or cyclic N) is 1. The van der Waals surface area contributed by atoms with Gasteiger partial charge in [-0.3, -0.25) is 0 Å². The number of ether oxygens (including phenoxy) is 2. The van der Waals surface area contributed by atoms with Crippen LogP contribution in [-0.2, 0) is 4.74 Å². The molecule has 8 nitrogen and oxygen atoms in total. The molecule has 2 aliphatic heterocycles. The average Bonchev–Trinajstić information content (AvgIpc) is 3.05. The first kappa shape index (κ1) is 16.7. The second kappa shape index (κ2) is 6.86. The van der Waals surface area contributed by atoms with Crippen LogP contribution < -0.4 is 4.74 Å². The van der Waals surface area contributed by atoms with Crippen molar-refractivity contribution >= 4 is 5.65 Å². The predicted molar refractivity (Wildman–Crippen MR) is 90.8 cm³/mol. The maximum atomic E-state index is 10.7. The molecule has 4 rings (SSSR count). The minimum atomic E-state index is -0.596. The Morgan fingerprint density at radius 1 is 1.24 bits per heavy atom. The smallest absolute Gasteiger partial charge is 0.231 e. The van der Waals surface area contributed by atoms with Crippen LogP contribution in [0.3, 0.4) is 0 Å². The molecule has 0 bridgehead atoms. The van der Waals surface area contributed by atoms with Crippen LogP contribution in [-0.4, -0.2) is 75.4 Å². The highest BCUT2D eigenvalue weighted by Crippen LogP contribution is 2.29. The summed E-state index contributed by atoms with van der Waals surface area (Å²) in [5.74, 6) is 1.79. The van der Waals surface area contributed by atoms with Crippen molar-refractivity contribution < 1.29 is 14.6 Å². The van der Waals surface area contributed by atoms with E-state index < -0.39 is 5.60 Å². The van der Waals surface area contributed by atoms with E-state index in [1.807, 2.05) is 6.07 Å². The van der Waals surface area contributed by atoms with E-state index >= 15 is 0 Å². The fraction of sp³-hybridized carbons (Fsp3) is 0.706. The van der Waals surface area contributed by atoms with Gasteiger partial charge >= 0.3 is 0 Å². The molecule has 2 aromatic heterocycles. The first-order valence-corrected chi connectivity index (χ1v) is 8.96. The zero-order chi connectivity index (χ0) is 17.3. The number of aromatic nitrogens is 4. The van der Waals surface area contributed by atoms with Gasteiger partial charge in [-0.25, -0.2) is 0 Å². The Morgan fingerprint density at radius 3 is 2.72 bits per heavy atom. The Hall–Kier alpha value is -1.77. The van der Waals surface area contributed by atoms with Gasteiger partial charge in [0.2, 0.25) is 5.88 Å². The van der Waals surface area contributed by atoms with Gasteiger partial charge in [-0.2, -0.15) is 4.52 Å². The van der Waals surface area contributed by atoms with Crippen molar-refractivity contribution in [3.05, 3.63) is 18.0 Å². The fourth-order valence-corrected chi connectivity index (χ4v) is 3.83. The number of methoxy groups -OCH3 is 1. The summed E-state index contributed by atoms with van der Waals surface area (Å²) in [6.07, 6.45) is 3.44. The fourth-order valence-electron chi connectivity index (χ4n) is 3.83. The Labute approximate surface area is 146 Å². The second-order valence-electron chi connectivity index (χ2n) is 7.09. The quantitative estimate of drug-likeness (QED) is 0.878. The van der Waals surface area contributed by atoms with Crippen molar-refractivity contribution in [3.63, 3.8) is 0 Å². The van der Waals surface area contributed by atoms with Crippen molar-refractivity contribution in [3.8, 4) is 5.88 Å². The van der Waals surface area contributed by atoms with E-state index in [2.05, 4.69) is 20.2 Å². The highest BCUT2D eigenvalue weighted by Gasteiger charge is 2.34. The van der Waals surface area contributed by atoms with Gasteiger partial charge in [0.15, 0.2) is 11.5 Å². The molecule has 0 unspecified atom stereocenters. The van der Waals surface area contributed by atoms with E-state index in [1.165, 1.54) is 0 Å². The third kappa shape index (κ3) is 3.47. The van der Waals surface area contributed by atoms with Crippen LogP contribution in [0.4, 0.5) is 0 Å². The van der Waals surface area contributed by atoms with Gasteiger partial charge in [0.1, 0.15) is 0 Å². The molecule has 0 spiro atoms. The van der Waals surface area contributed by atoms with Crippen LogP contribution >= 0.6 is 0 Å². The Morgan fingerprint density at radius 2 is 2.00 bits per heavy atom. The molecule has 0 aromatic carbocycles. The molecule has 4 heterocycles. The lowest BCUT2D eigenvalue weighted by Gasteiger charge is -2.39. The molecule has 2 aromatic rings.